The SMILES string of the molecule is CCC(C)(C)C(=O)C(=O)N1CCCCN1C(=O)CCCC#Cc1cccnc1. The molecule has 1 aromatic heterocycles. The lowest BCUT2D eigenvalue weighted by molar-refractivity contribution is -0.172. The molecular weight excluding hydrogens is 354 g/mol. The first-order valence-corrected chi connectivity index (χ1v) is 9.92. The quantitative estimate of drug-likeness (QED) is 0.430. The number of pyridine rings is 1. The van der Waals surface area contributed by atoms with Crippen LogP contribution in [0.25, 0.3) is 0 Å². The fraction of sp³-hybridized carbons (Fsp3) is 0.545. The van der Waals surface area contributed by atoms with Crippen molar-refractivity contribution in [3.63, 3.8) is 0 Å². The number of ketones is 1. The third kappa shape index (κ3) is 5.66. The summed E-state index contributed by atoms with van der Waals surface area (Å²) in [5.74, 6) is 4.93. The molecule has 0 spiro atoms. The number of amides is 2. The van der Waals surface area contributed by atoms with Gasteiger partial charge in [0.05, 0.1) is 0 Å². The molecule has 150 valence electrons. The molecular formula is C22H29N3O3. The fourth-order valence-corrected chi connectivity index (χ4v) is 2.86. The van der Waals surface area contributed by atoms with Crippen LogP contribution >= 0.6 is 0 Å². The molecule has 1 fully saturated rings. The summed E-state index contributed by atoms with van der Waals surface area (Å²) < 4.78 is 0. The monoisotopic (exact) mass is 383 g/mol. The molecule has 1 saturated heterocycles. The maximum Gasteiger partial charge on any atom is 0.309 e. The van der Waals surface area contributed by atoms with Gasteiger partial charge in [0.1, 0.15) is 0 Å². The van der Waals surface area contributed by atoms with Crippen molar-refractivity contribution in [2.75, 3.05) is 13.1 Å². The molecule has 0 N–H and O–H groups in total. The number of carbonyl (C=O) groups is 3. The minimum Gasteiger partial charge on any atom is -0.288 e. The normalized spacial score (nSPS) is 14.2. The van der Waals surface area contributed by atoms with Gasteiger partial charge in [-0.05, 0) is 37.8 Å². The van der Waals surface area contributed by atoms with Crippen LogP contribution in [-0.2, 0) is 14.4 Å². The predicted molar refractivity (Wildman–Crippen MR) is 107 cm³/mol. The Kier molecular flexibility index (Phi) is 7.74. The number of hydrazine groups is 1. The Morgan fingerprint density at radius 2 is 1.89 bits per heavy atom. The van der Waals surface area contributed by atoms with Crippen molar-refractivity contribution in [1.29, 1.82) is 0 Å². The van der Waals surface area contributed by atoms with Crippen molar-refractivity contribution in [3.05, 3.63) is 30.1 Å². The average molecular weight is 383 g/mol. The molecule has 0 aromatic carbocycles. The van der Waals surface area contributed by atoms with Gasteiger partial charge < -0.3 is 0 Å². The van der Waals surface area contributed by atoms with Crippen molar-refractivity contribution in [1.82, 2.24) is 15.0 Å². The molecule has 1 aliphatic rings. The first-order chi connectivity index (χ1) is 13.4. The van der Waals surface area contributed by atoms with E-state index < -0.39 is 17.1 Å². The summed E-state index contributed by atoms with van der Waals surface area (Å²) in [6.45, 7) is 6.31. The first kappa shape index (κ1) is 21.6. The highest BCUT2D eigenvalue weighted by atomic mass is 16.2. The van der Waals surface area contributed by atoms with E-state index >= 15 is 0 Å². The molecule has 0 saturated carbocycles. The fourth-order valence-electron chi connectivity index (χ4n) is 2.86. The smallest absolute Gasteiger partial charge is 0.288 e. The summed E-state index contributed by atoms with van der Waals surface area (Å²) in [4.78, 5) is 41.9. The lowest BCUT2D eigenvalue weighted by Crippen LogP contribution is -2.56. The van der Waals surface area contributed by atoms with E-state index in [-0.39, 0.29) is 5.91 Å². The molecule has 6 nitrogen and oxygen atoms in total. The zero-order valence-corrected chi connectivity index (χ0v) is 17.0. The Bertz CT molecular complexity index is 762. The maximum atomic E-state index is 12.7. The number of unbranched alkanes of at least 4 members (excludes halogenated alkanes) is 1. The molecule has 2 heterocycles. The molecule has 0 atom stereocenters. The van der Waals surface area contributed by atoms with E-state index in [4.69, 9.17) is 0 Å². The second-order valence-electron chi connectivity index (χ2n) is 7.62. The van der Waals surface area contributed by atoms with Crippen LogP contribution in [0.15, 0.2) is 24.5 Å². The zero-order chi connectivity index (χ0) is 20.6. The molecule has 1 aliphatic heterocycles. The van der Waals surface area contributed by atoms with E-state index in [1.165, 1.54) is 10.0 Å². The second-order valence-corrected chi connectivity index (χ2v) is 7.62. The number of hydrogen-bond donors (Lipinski definition) is 0. The maximum absolute atomic E-state index is 12.7. The van der Waals surface area contributed by atoms with Crippen LogP contribution in [0.2, 0.25) is 0 Å². The highest BCUT2D eigenvalue weighted by Gasteiger charge is 2.38. The number of aromatic nitrogens is 1. The van der Waals surface area contributed by atoms with Crippen LogP contribution in [0.4, 0.5) is 0 Å². The Morgan fingerprint density at radius 1 is 1.18 bits per heavy atom. The topological polar surface area (TPSA) is 70.6 Å². The lowest BCUT2D eigenvalue weighted by Gasteiger charge is -2.39. The number of Topliss-reactive ketones (excluding diaryl/α,β-unsaturated/α-hetero) is 1. The molecule has 0 radical (unpaired) electrons. The van der Waals surface area contributed by atoms with Gasteiger partial charge >= 0.3 is 5.91 Å². The van der Waals surface area contributed by atoms with Gasteiger partial charge in [-0.25, -0.2) is 5.01 Å². The highest BCUT2D eigenvalue weighted by molar-refractivity contribution is 6.37. The molecule has 0 bridgehead atoms. The lowest BCUT2D eigenvalue weighted by atomic mass is 9.84. The van der Waals surface area contributed by atoms with Crippen molar-refractivity contribution < 1.29 is 14.4 Å². The average Bonchev–Trinajstić information content (AvgIpc) is 2.73. The Morgan fingerprint density at radius 3 is 2.54 bits per heavy atom. The summed E-state index contributed by atoms with van der Waals surface area (Å²) in [5, 5.41) is 2.82. The number of nitrogens with zero attached hydrogens (tertiary/aromatic N) is 3. The number of carbonyl (C=O) groups excluding carboxylic acids is 3. The molecule has 2 rings (SSSR count). The van der Waals surface area contributed by atoms with Gasteiger partial charge in [-0.15, -0.1) is 0 Å². The third-order valence-corrected chi connectivity index (χ3v) is 5.08. The van der Waals surface area contributed by atoms with E-state index in [2.05, 4.69) is 16.8 Å². The summed E-state index contributed by atoms with van der Waals surface area (Å²) in [5.41, 5.74) is 0.129. The van der Waals surface area contributed by atoms with Gasteiger partial charge in [-0.3, -0.25) is 24.4 Å². The van der Waals surface area contributed by atoms with Gasteiger partial charge in [0.2, 0.25) is 11.7 Å². The van der Waals surface area contributed by atoms with Gasteiger partial charge in [-0.1, -0.05) is 32.6 Å². The van der Waals surface area contributed by atoms with E-state index in [9.17, 15) is 14.4 Å². The largest absolute Gasteiger partial charge is 0.309 e. The third-order valence-electron chi connectivity index (χ3n) is 5.08. The molecule has 0 aliphatic carbocycles. The standard InChI is InChI=1S/C22H29N3O3/c1-4-22(2,3)20(27)21(28)25-16-9-8-15-24(25)19(26)13-7-5-6-11-18-12-10-14-23-17-18/h10,12,14,17H,4-5,7-9,13,15-16H2,1-3H3. The van der Waals surface area contributed by atoms with E-state index in [0.29, 0.717) is 38.8 Å². The van der Waals surface area contributed by atoms with Gasteiger partial charge in [-0.2, -0.15) is 0 Å². The Hall–Kier alpha value is -2.68. The van der Waals surface area contributed by atoms with E-state index in [1.54, 1.807) is 26.2 Å². The van der Waals surface area contributed by atoms with Crippen LogP contribution in [0.3, 0.4) is 0 Å². The minimum atomic E-state index is -0.717. The van der Waals surface area contributed by atoms with Crippen molar-refractivity contribution >= 4 is 17.6 Å². The van der Waals surface area contributed by atoms with Crippen LogP contribution in [-0.4, -0.2) is 45.7 Å². The number of rotatable bonds is 6. The van der Waals surface area contributed by atoms with E-state index in [1.807, 2.05) is 19.1 Å². The van der Waals surface area contributed by atoms with Crippen LogP contribution in [0, 0.1) is 17.3 Å². The predicted octanol–water partition coefficient (Wildman–Crippen LogP) is 2.97. The summed E-state index contributed by atoms with van der Waals surface area (Å²) in [6.07, 6.45) is 7.11. The van der Waals surface area contributed by atoms with Crippen LogP contribution in [0.5, 0.6) is 0 Å². The summed E-state index contributed by atoms with van der Waals surface area (Å²) >= 11 is 0. The zero-order valence-electron chi connectivity index (χ0n) is 17.0. The van der Waals surface area contributed by atoms with E-state index in [0.717, 1.165) is 18.4 Å². The highest BCUT2D eigenvalue weighted by Crippen LogP contribution is 2.24. The van der Waals surface area contributed by atoms with Gasteiger partial charge in [0.15, 0.2) is 0 Å². The molecule has 1 aromatic rings. The van der Waals surface area contributed by atoms with Crippen molar-refractivity contribution in [3.8, 4) is 11.8 Å². The van der Waals surface area contributed by atoms with Crippen molar-refractivity contribution in [2.45, 2.75) is 59.3 Å². The van der Waals surface area contributed by atoms with Gasteiger partial charge in [0.25, 0.3) is 0 Å². The Balaban J connectivity index is 1.92. The van der Waals surface area contributed by atoms with Crippen molar-refractivity contribution in [2.24, 2.45) is 5.41 Å². The van der Waals surface area contributed by atoms with Gasteiger partial charge in [0, 0.05) is 49.3 Å². The number of hydrogen-bond acceptors (Lipinski definition) is 4. The molecule has 2 amide bonds. The summed E-state index contributed by atoms with van der Waals surface area (Å²) in [6, 6.07) is 3.72. The summed E-state index contributed by atoms with van der Waals surface area (Å²) in [7, 11) is 0. The Labute approximate surface area is 167 Å². The first-order valence-electron chi connectivity index (χ1n) is 9.92. The molecule has 28 heavy (non-hydrogen) atoms. The molecule has 0 unspecified atom stereocenters. The van der Waals surface area contributed by atoms with Crippen LogP contribution in [0.1, 0.15) is 64.9 Å². The molecule has 6 heteroatoms. The minimum absolute atomic E-state index is 0.127. The van der Waals surface area contributed by atoms with Crippen LogP contribution < -0.4 is 0 Å². The second kappa shape index (κ2) is 10.0.